The van der Waals surface area contributed by atoms with E-state index in [-0.39, 0.29) is 17.8 Å². The predicted molar refractivity (Wildman–Crippen MR) is 138 cm³/mol. The number of nitrogens with one attached hydrogen (secondary N) is 2. The Morgan fingerprint density at radius 3 is 2.84 bits per heavy atom. The Kier molecular flexibility index (Phi) is 6.61. The molecule has 1 atom stereocenters. The van der Waals surface area contributed by atoms with Crippen molar-refractivity contribution < 1.29 is 9.21 Å². The van der Waals surface area contributed by atoms with Gasteiger partial charge in [-0.05, 0) is 50.6 Å². The highest BCUT2D eigenvalue weighted by molar-refractivity contribution is 5.89. The molecule has 4 heterocycles. The van der Waals surface area contributed by atoms with Crippen molar-refractivity contribution in [2.45, 2.75) is 38.3 Å². The summed E-state index contributed by atoms with van der Waals surface area (Å²) in [6, 6.07) is 9.86. The number of nitrogens with zero attached hydrogens (tertiary/aromatic N) is 8. The zero-order valence-electron chi connectivity index (χ0n) is 21.6. The minimum Gasteiger partial charge on any atom is -0.415 e. The molecule has 38 heavy (non-hydrogen) atoms. The molecule has 0 fully saturated rings. The third-order valence-electron chi connectivity index (χ3n) is 6.41. The van der Waals surface area contributed by atoms with E-state index in [1.54, 1.807) is 30.9 Å². The van der Waals surface area contributed by atoms with Crippen molar-refractivity contribution in [1.29, 1.82) is 5.26 Å². The highest BCUT2D eigenvalue weighted by Crippen LogP contribution is 2.31. The van der Waals surface area contributed by atoms with Crippen LogP contribution < -0.4 is 10.6 Å². The molecule has 12 heteroatoms. The maximum atomic E-state index is 13.0. The molecule has 1 aliphatic heterocycles. The van der Waals surface area contributed by atoms with Crippen LogP contribution in [0, 0.1) is 11.3 Å². The van der Waals surface area contributed by atoms with E-state index in [4.69, 9.17) is 4.42 Å². The Morgan fingerprint density at radius 1 is 1.24 bits per heavy atom. The van der Waals surface area contributed by atoms with E-state index >= 15 is 0 Å². The van der Waals surface area contributed by atoms with Gasteiger partial charge >= 0.3 is 11.8 Å². The summed E-state index contributed by atoms with van der Waals surface area (Å²) in [6.45, 7) is 4.83. The van der Waals surface area contributed by atoms with Crippen LogP contribution in [0.5, 0.6) is 0 Å². The van der Waals surface area contributed by atoms with Crippen molar-refractivity contribution in [2.24, 2.45) is 7.05 Å². The molecule has 194 valence electrons. The van der Waals surface area contributed by atoms with Crippen LogP contribution in [-0.2, 0) is 19.0 Å². The summed E-state index contributed by atoms with van der Waals surface area (Å²) in [4.78, 5) is 24.2. The van der Waals surface area contributed by atoms with Crippen molar-refractivity contribution in [3.05, 3.63) is 65.8 Å². The largest absolute Gasteiger partial charge is 0.415 e. The molecule has 0 spiro atoms. The highest BCUT2D eigenvalue weighted by atomic mass is 16.4. The standard InChI is InChI=1S/C26H28N10O2/c1-26(2,15-27)24-34-33-23(38-24)22(37)31-21-8-10-35(3)13-17-11-16(5-6-19(17)21)20-7-9-28-25(32-20)30-18-12-29-36(4)14-18/h5-7,9,11-12,14,21H,8,10,13H2,1-4H3,(H,31,37)(H,28,30,32)/t21-/m1/s1. The molecule has 1 aliphatic rings. The Labute approximate surface area is 219 Å². The van der Waals surface area contributed by atoms with Crippen molar-refractivity contribution in [3.8, 4) is 17.3 Å². The first-order valence-corrected chi connectivity index (χ1v) is 12.2. The number of aromatic nitrogens is 6. The normalized spacial score (nSPS) is 15.8. The third kappa shape index (κ3) is 5.23. The van der Waals surface area contributed by atoms with Gasteiger partial charge in [-0.15, -0.1) is 10.2 Å². The van der Waals surface area contributed by atoms with Crippen LogP contribution in [0.3, 0.4) is 0 Å². The minimum absolute atomic E-state index is 0.109. The smallest absolute Gasteiger partial charge is 0.309 e. The molecule has 0 saturated carbocycles. The number of hydrogen-bond donors (Lipinski definition) is 2. The van der Waals surface area contributed by atoms with Gasteiger partial charge in [0.05, 0.1) is 29.7 Å². The summed E-state index contributed by atoms with van der Waals surface area (Å²) in [5.74, 6) is -0.0399. The van der Waals surface area contributed by atoms with Gasteiger partial charge in [0.25, 0.3) is 0 Å². The van der Waals surface area contributed by atoms with Gasteiger partial charge in [-0.25, -0.2) is 9.97 Å². The Bertz CT molecular complexity index is 1520. The highest BCUT2D eigenvalue weighted by Gasteiger charge is 2.30. The lowest BCUT2D eigenvalue weighted by Crippen LogP contribution is -2.30. The number of rotatable bonds is 6. The van der Waals surface area contributed by atoms with Gasteiger partial charge in [0, 0.05) is 38.1 Å². The van der Waals surface area contributed by atoms with Gasteiger partial charge in [0.2, 0.25) is 11.8 Å². The fourth-order valence-electron chi connectivity index (χ4n) is 4.30. The van der Waals surface area contributed by atoms with E-state index in [2.05, 4.69) is 60.0 Å². The van der Waals surface area contributed by atoms with Gasteiger partial charge in [0.15, 0.2) is 0 Å². The van der Waals surface area contributed by atoms with Crippen LogP contribution in [0.25, 0.3) is 11.3 Å². The lowest BCUT2D eigenvalue weighted by atomic mass is 9.96. The van der Waals surface area contributed by atoms with Crippen LogP contribution in [-0.4, -0.2) is 54.3 Å². The Balaban J connectivity index is 1.38. The van der Waals surface area contributed by atoms with Gasteiger partial charge in [-0.1, -0.05) is 12.1 Å². The number of amides is 1. The maximum absolute atomic E-state index is 13.0. The number of benzene rings is 1. The van der Waals surface area contributed by atoms with Gasteiger partial charge in [-0.3, -0.25) is 9.48 Å². The van der Waals surface area contributed by atoms with Crippen LogP contribution >= 0.6 is 0 Å². The molecule has 5 rings (SSSR count). The summed E-state index contributed by atoms with van der Waals surface area (Å²) in [6.07, 6.45) is 5.99. The second-order valence-corrected chi connectivity index (χ2v) is 9.91. The van der Waals surface area contributed by atoms with Crippen LogP contribution in [0.15, 0.2) is 47.3 Å². The SMILES string of the molecule is CN1CC[C@@H](NC(=O)c2nnc(C(C)(C)C#N)o2)c2ccc(-c3ccnc(Nc4cnn(C)c4)n3)cc2C1. The lowest BCUT2D eigenvalue weighted by molar-refractivity contribution is 0.0895. The summed E-state index contributed by atoms with van der Waals surface area (Å²) in [5.41, 5.74) is 3.65. The Hall–Kier alpha value is -4.63. The minimum atomic E-state index is -0.978. The summed E-state index contributed by atoms with van der Waals surface area (Å²) in [5, 5.41) is 27.5. The van der Waals surface area contributed by atoms with E-state index < -0.39 is 11.3 Å². The van der Waals surface area contributed by atoms with E-state index in [1.165, 1.54) is 0 Å². The second kappa shape index (κ2) is 10.0. The number of fused-ring (bicyclic) bond motifs is 1. The van der Waals surface area contributed by atoms with Crippen molar-refractivity contribution in [1.82, 2.24) is 40.2 Å². The first-order valence-electron chi connectivity index (χ1n) is 12.2. The molecule has 0 radical (unpaired) electrons. The summed E-state index contributed by atoms with van der Waals surface area (Å²) in [7, 11) is 3.90. The zero-order chi connectivity index (χ0) is 26.9. The average molecular weight is 513 g/mol. The van der Waals surface area contributed by atoms with Gasteiger partial charge in [0.1, 0.15) is 5.41 Å². The zero-order valence-corrected chi connectivity index (χ0v) is 21.6. The van der Waals surface area contributed by atoms with E-state index in [0.29, 0.717) is 12.4 Å². The third-order valence-corrected chi connectivity index (χ3v) is 6.41. The molecule has 0 aliphatic carbocycles. The van der Waals surface area contributed by atoms with E-state index in [9.17, 15) is 10.1 Å². The van der Waals surface area contributed by atoms with E-state index in [0.717, 1.165) is 41.2 Å². The van der Waals surface area contributed by atoms with Gasteiger partial charge < -0.3 is 20.0 Å². The fraction of sp³-hybridized carbons (Fsp3) is 0.346. The average Bonchev–Trinajstić information content (AvgIpc) is 3.53. The van der Waals surface area contributed by atoms with Crippen LogP contribution in [0.2, 0.25) is 0 Å². The molecule has 4 aromatic rings. The maximum Gasteiger partial charge on any atom is 0.309 e. The molecule has 0 unspecified atom stereocenters. The number of nitriles is 1. The molecule has 1 amide bonds. The molecule has 1 aromatic carbocycles. The molecular weight excluding hydrogens is 484 g/mol. The number of carbonyl (C=O) groups excluding carboxylic acids is 1. The molecular formula is C26H28N10O2. The Morgan fingerprint density at radius 2 is 2.08 bits per heavy atom. The molecule has 3 aromatic heterocycles. The molecule has 2 N–H and O–H groups in total. The van der Waals surface area contributed by atoms with Crippen molar-refractivity contribution in [3.63, 3.8) is 0 Å². The number of hydrogen-bond acceptors (Lipinski definition) is 10. The van der Waals surface area contributed by atoms with Gasteiger partial charge in [-0.2, -0.15) is 10.4 Å². The first kappa shape index (κ1) is 25.0. The number of aryl methyl sites for hydroxylation is 1. The fourth-order valence-corrected chi connectivity index (χ4v) is 4.30. The first-order chi connectivity index (χ1) is 18.2. The number of anilines is 2. The van der Waals surface area contributed by atoms with Crippen LogP contribution in [0.1, 0.15) is 54.0 Å². The lowest BCUT2D eigenvalue weighted by Gasteiger charge is -2.19. The predicted octanol–water partition coefficient (Wildman–Crippen LogP) is 3.11. The molecule has 0 saturated heterocycles. The monoisotopic (exact) mass is 512 g/mol. The van der Waals surface area contributed by atoms with E-state index in [1.807, 2.05) is 31.4 Å². The van der Waals surface area contributed by atoms with Crippen molar-refractivity contribution >= 4 is 17.5 Å². The molecule has 12 nitrogen and oxygen atoms in total. The molecule has 0 bridgehead atoms. The topological polar surface area (TPSA) is 151 Å². The number of carbonyl (C=O) groups is 1. The van der Waals surface area contributed by atoms with Crippen LogP contribution in [0.4, 0.5) is 11.6 Å². The quantitative estimate of drug-likeness (QED) is 0.394. The summed E-state index contributed by atoms with van der Waals surface area (Å²) < 4.78 is 7.23. The summed E-state index contributed by atoms with van der Waals surface area (Å²) >= 11 is 0. The van der Waals surface area contributed by atoms with Crippen molar-refractivity contribution in [2.75, 3.05) is 18.9 Å². The second-order valence-electron chi connectivity index (χ2n) is 9.91.